The third kappa shape index (κ3) is 3.91. The molecule has 142 valence electrons. The summed E-state index contributed by atoms with van der Waals surface area (Å²) < 4.78 is 13.7. The van der Waals surface area contributed by atoms with Crippen molar-refractivity contribution in [2.45, 2.75) is 25.3 Å². The summed E-state index contributed by atoms with van der Waals surface area (Å²) in [4.78, 5) is 17.1. The van der Waals surface area contributed by atoms with E-state index in [4.69, 9.17) is 0 Å². The highest BCUT2D eigenvalue weighted by molar-refractivity contribution is 5.76. The molecule has 1 amide bonds. The minimum Gasteiger partial charge on any atom is -0.342 e. The first kappa shape index (κ1) is 18.2. The highest BCUT2D eigenvalue weighted by Crippen LogP contribution is 2.44. The number of fused-ring (bicyclic) bond motifs is 1. The number of halogens is 1. The van der Waals surface area contributed by atoms with Crippen LogP contribution in [0, 0.1) is 17.7 Å². The molecule has 0 saturated carbocycles. The van der Waals surface area contributed by atoms with E-state index in [-0.39, 0.29) is 17.8 Å². The largest absolute Gasteiger partial charge is 0.342 e. The lowest BCUT2D eigenvalue weighted by atomic mass is 9.89. The molecule has 2 fully saturated rings. The van der Waals surface area contributed by atoms with Crippen LogP contribution in [0.15, 0.2) is 54.6 Å². The van der Waals surface area contributed by atoms with Crippen LogP contribution < -0.4 is 0 Å². The number of rotatable bonds is 5. The summed E-state index contributed by atoms with van der Waals surface area (Å²) in [6, 6.07) is 17.5. The molecule has 2 aliphatic heterocycles. The lowest BCUT2D eigenvalue weighted by Gasteiger charge is -2.27. The summed E-state index contributed by atoms with van der Waals surface area (Å²) in [5.74, 6) is 0.966. The van der Waals surface area contributed by atoms with Crippen LogP contribution in [0.1, 0.15) is 30.0 Å². The number of carbonyl (C=O) groups is 1. The van der Waals surface area contributed by atoms with E-state index < -0.39 is 0 Å². The van der Waals surface area contributed by atoms with Gasteiger partial charge in [0.05, 0.1) is 0 Å². The van der Waals surface area contributed by atoms with Crippen LogP contribution in [0.2, 0.25) is 0 Å². The lowest BCUT2D eigenvalue weighted by Crippen LogP contribution is -2.33. The Labute approximate surface area is 160 Å². The Bertz CT molecular complexity index is 794. The third-order valence-electron chi connectivity index (χ3n) is 6.14. The minimum atomic E-state index is -0.184. The van der Waals surface area contributed by atoms with Crippen molar-refractivity contribution in [3.8, 4) is 0 Å². The molecule has 2 heterocycles. The molecule has 2 aromatic rings. The number of amides is 1. The molecular weight excluding hydrogens is 339 g/mol. The van der Waals surface area contributed by atoms with Gasteiger partial charge < -0.3 is 4.90 Å². The van der Waals surface area contributed by atoms with Gasteiger partial charge in [0.25, 0.3) is 0 Å². The van der Waals surface area contributed by atoms with E-state index in [0.717, 1.165) is 38.0 Å². The Morgan fingerprint density at radius 1 is 1.07 bits per heavy atom. The van der Waals surface area contributed by atoms with Crippen LogP contribution in [0.4, 0.5) is 4.39 Å². The van der Waals surface area contributed by atoms with E-state index in [1.54, 1.807) is 12.1 Å². The highest BCUT2D eigenvalue weighted by Gasteiger charge is 2.47. The topological polar surface area (TPSA) is 23.6 Å². The van der Waals surface area contributed by atoms with Gasteiger partial charge in [-0.2, -0.15) is 0 Å². The molecule has 2 saturated heterocycles. The van der Waals surface area contributed by atoms with Gasteiger partial charge in [0, 0.05) is 38.0 Å². The Balaban J connectivity index is 1.35. The monoisotopic (exact) mass is 366 g/mol. The molecule has 2 aromatic carbocycles. The molecule has 0 spiro atoms. The molecule has 2 aliphatic rings. The molecule has 0 aromatic heterocycles. The molecule has 0 N–H and O–H groups in total. The quantitative estimate of drug-likeness (QED) is 0.801. The van der Waals surface area contributed by atoms with Crippen molar-refractivity contribution in [1.29, 1.82) is 0 Å². The van der Waals surface area contributed by atoms with Crippen LogP contribution in [0.5, 0.6) is 0 Å². The maximum absolute atomic E-state index is 13.7. The fraction of sp³-hybridized carbons (Fsp3) is 0.435. The third-order valence-corrected chi connectivity index (χ3v) is 6.14. The van der Waals surface area contributed by atoms with Gasteiger partial charge in [0.2, 0.25) is 5.91 Å². The molecule has 27 heavy (non-hydrogen) atoms. The van der Waals surface area contributed by atoms with E-state index in [1.807, 2.05) is 29.2 Å². The summed E-state index contributed by atoms with van der Waals surface area (Å²) in [7, 11) is 2.11. The first-order valence-electron chi connectivity index (χ1n) is 9.89. The van der Waals surface area contributed by atoms with Gasteiger partial charge >= 0.3 is 0 Å². The minimum absolute atomic E-state index is 0.184. The van der Waals surface area contributed by atoms with Crippen molar-refractivity contribution >= 4 is 5.91 Å². The second-order valence-electron chi connectivity index (χ2n) is 8.00. The molecule has 4 rings (SSSR count). The summed E-state index contributed by atoms with van der Waals surface area (Å²) in [6.45, 7) is 2.60. The average molecular weight is 366 g/mol. The summed E-state index contributed by atoms with van der Waals surface area (Å²) in [6.07, 6.45) is 2.44. The first-order chi connectivity index (χ1) is 13.1. The second kappa shape index (κ2) is 7.81. The van der Waals surface area contributed by atoms with E-state index in [0.29, 0.717) is 18.3 Å². The van der Waals surface area contributed by atoms with Gasteiger partial charge in [-0.1, -0.05) is 42.5 Å². The number of hydrogen-bond acceptors (Lipinski definition) is 2. The van der Waals surface area contributed by atoms with Gasteiger partial charge in [-0.15, -0.1) is 0 Å². The van der Waals surface area contributed by atoms with Crippen LogP contribution in [0.25, 0.3) is 0 Å². The van der Waals surface area contributed by atoms with E-state index in [2.05, 4.69) is 24.1 Å². The molecule has 0 radical (unpaired) electrons. The maximum atomic E-state index is 13.7. The maximum Gasteiger partial charge on any atom is 0.222 e. The van der Waals surface area contributed by atoms with E-state index in [1.165, 1.54) is 11.6 Å². The zero-order valence-corrected chi connectivity index (χ0v) is 15.9. The molecule has 0 bridgehead atoms. The summed E-state index contributed by atoms with van der Waals surface area (Å²) >= 11 is 0. The molecule has 3 atom stereocenters. The summed E-state index contributed by atoms with van der Waals surface area (Å²) in [5, 5.41) is 0. The number of hydrogen-bond donors (Lipinski definition) is 0. The van der Waals surface area contributed by atoms with Gasteiger partial charge in [0.1, 0.15) is 5.82 Å². The van der Waals surface area contributed by atoms with Crippen LogP contribution >= 0.6 is 0 Å². The van der Waals surface area contributed by atoms with Crippen molar-refractivity contribution in [2.75, 3.05) is 26.7 Å². The molecule has 3 nitrogen and oxygen atoms in total. The Morgan fingerprint density at radius 2 is 1.89 bits per heavy atom. The van der Waals surface area contributed by atoms with Crippen LogP contribution in [-0.4, -0.2) is 42.4 Å². The van der Waals surface area contributed by atoms with Gasteiger partial charge in [-0.3, -0.25) is 9.69 Å². The zero-order valence-electron chi connectivity index (χ0n) is 15.9. The van der Waals surface area contributed by atoms with Crippen molar-refractivity contribution < 1.29 is 9.18 Å². The fourth-order valence-electron chi connectivity index (χ4n) is 4.90. The number of nitrogens with zero attached hydrogens (tertiary/aromatic N) is 2. The van der Waals surface area contributed by atoms with Crippen molar-refractivity contribution in [3.05, 3.63) is 71.5 Å². The van der Waals surface area contributed by atoms with Crippen molar-refractivity contribution in [2.24, 2.45) is 11.8 Å². The van der Waals surface area contributed by atoms with Gasteiger partial charge in [-0.05, 0) is 49.1 Å². The Kier molecular flexibility index (Phi) is 5.26. The summed E-state index contributed by atoms with van der Waals surface area (Å²) in [5.41, 5.74) is 2.32. The standard InChI is InChI=1S/C23H27FN2O/c1-25-14-19-15-26(22(27)12-5-9-17-7-3-2-4-8-17)16-21(19)23(25)18-10-6-11-20(24)13-18/h2-4,6-8,10-11,13,19,21,23H,5,9,12,14-16H2,1H3/t19-,21+,23-/m0/s1. The van der Waals surface area contributed by atoms with Crippen LogP contribution in [0.3, 0.4) is 0 Å². The second-order valence-corrected chi connectivity index (χ2v) is 8.00. The molecule has 0 aliphatic carbocycles. The SMILES string of the molecule is CN1C[C@H]2CN(C(=O)CCCc3ccccc3)C[C@H]2[C@@H]1c1cccc(F)c1. The Hall–Kier alpha value is -2.20. The average Bonchev–Trinajstić information content (AvgIpc) is 3.19. The molecular formula is C23H27FN2O. The number of aryl methyl sites for hydroxylation is 1. The smallest absolute Gasteiger partial charge is 0.222 e. The Morgan fingerprint density at radius 3 is 2.67 bits per heavy atom. The fourth-order valence-corrected chi connectivity index (χ4v) is 4.90. The number of carbonyl (C=O) groups excluding carboxylic acids is 1. The van der Waals surface area contributed by atoms with Crippen molar-refractivity contribution in [1.82, 2.24) is 9.80 Å². The predicted molar refractivity (Wildman–Crippen MR) is 105 cm³/mol. The highest BCUT2D eigenvalue weighted by atomic mass is 19.1. The predicted octanol–water partition coefficient (Wildman–Crippen LogP) is 3.91. The first-order valence-corrected chi connectivity index (χ1v) is 9.89. The van der Waals surface area contributed by atoms with Crippen LogP contribution in [-0.2, 0) is 11.2 Å². The number of likely N-dealkylation sites (tertiary alicyclic amines) is 2. The number of benzene rings is 2. The van der Waals surface area contributed by atoms with E-state index >= 15 is 0 Å². The normalized spacial score (nSPS) is 25.0. The molecule has 4 heteroatoms. The molecule has 0 unspecified atom stereocenters. The zero-order chi connectivity index (χ0) is 18.8. The van der Waals surface area contributed by atoms with Gasteiger partial charge in [0.15, 0.2) is 0 Å². The van der Waals surface area contributed by atoms with Crippen molar-refractivity contribution in [3.63, 3.8) is 0 Å². The van der Waals surface area contributed by atoms with E-state index in [9.17, 15) is 9.18 Å². The van der Waals surface area contributed by atoms with Gasteiger partial charge in [-0.25, -0.2) is 4.39 Å². The lowest BCUT2D eigenvalue weighted by molar-refractivity contribution is -0.130.